The summed E-state index contributed by atoms with van der Waals surface area (Å²) in [7, 11) is 1.68. The molecule has 1 N–H and O–H groups in total. The van der Waals surface area contributed by atoms with Crippen molar-refractivity contribution in [2.24, 2.45) is 5.92 Å². The fourth-order valence-electron chi connectivity index (χ4n) is 3.44. The van der Waals surface area contributed by atoms with Gasteiger partial charge in [0.2, 0.25) is 0 Å². The predicted molar refractivity (Wildman–Crippen MR) is 91.5 cm³/mol. The van der Waals surface area contributed by atoms with Gasteiger partial charge in [0.15, 0.2) is 0 Å². The summed E-state index contributed by atoms with van der Waals surface area (Å²) in [6.45, 7) is 1.70. The fraction of sp³-hybridized carbons (Fsp3) is 0.632. The molecular formula is C19H29NO2. The maximum Gasteiger partial charge on any atom is 0.131 e. The molecule has 0 radical (unpaired) electrons. The van der Waals surface area contributed by atoms with Gasteiger partial charge in [-0.15, -0.1) is 0 Å². The molecule has 0 spiro atoms. The molecule has 0 aromatic heterocycles. The quantitative estimate of drug-likeness (QED) is 0.819. The summed E-state index contributed by atoms with van der Waals surface area (Å²) in [6.07, 6.45) is 9.74. The van der Waals surface area contributed by atoms with Gasteiger partial charge in [0.05, 0.1) is 7.11 Å². The van der Waals surface area contributed by atoms with Gasteiger partial charge in [-0.2, -0.15) is 0 Å². The first kappa shape index (κ1) is 16.9. The minimum Gasteiger partial charge on any atom is -0.497 e. The Morgan fingerprint density at radius 3 is 2.27 bits per heavy atom. The van der Waals surface area contributed by atoms with Gasteiger partial charge < -0.3 is 10.1 Å². The maximum atomic E-state index is 11.7. The lowest BCUT2D eigenvalue weighted by Gasteiger charge is -2.30. The van der Waals surface area contributed by atoms with Crippen molar-refractivity contribution >= 4 is 11.5 Å². The Balaban J connectivity index is 2.04. The number of carbonyl (C=O) groups is 1. The predicted octanol–water partition coefficient (Wildman–Crippen LogP) is 4.82. The van der Waals surface area contributed by atoms with Crippen LogP contribution in [0.15, 0.2) is 24.3 Å². The number of hydrogen-bond acceptors (Lipinski definition) is 3. The van der Waals surface area contributed by atoms with Gasteiger partial charge in [-0.3, -0.25) is 4.79 Å². The number of carbonyl (C=O) groups excluding carboxylic acids is 1. The van der Waals surface area contributed by atoms with Crippen molar-refractivity contribution in [3.05, 3.63) is 24.3 Å². The zero-order valence-corrected chi connectivity index (χ0v) is 13.9. The molecule has 1 aromatic rings. The van der Waals surface area contributed by atoms with Crippen molar-refractivity contribution in [3.8, 4) is 5.75 Å². The molecule has 1 aliphatic rings. The summed E-state index contributed by atoms with van der Waals surface area (Å²) in [5.74, 6) is 1.74. The molecule has 0 unspecified atom stereocenters. The average molecular weight is 303 g/mol. The summed E-state index contributed by atoms with van der Waals surface area (Å²) in [5, 5.41) is 3.60. The first-order valence-electron chi connectivity index (χ1n) is 8.59. The van der Waals surface area contributed by atoms with Gasteiger partial charge >= 0.3 is 0 Å². The SMILES string of the molecule is COc1ccc(N[C@@H](CC(C)=O)C2CCCCCCC2)cc1. The molecule has 122 valence electrons. The molecule has 0 saturated heterocycles. The first-order chi connectivity index (χ1) is 10.7. The number of ether oxygens (including phenoxy) is 1. The third-order valence-corrected chi connectivity index (χ3v) is 4.67. The van der Waals surface area contributed by atoms with Crippen molar-refractivity contribution < 1.29 is 9.53 Å². The van der Waals surface area contributed by atoms with Crippen LogP contribution in [0.25, 0.3) is 0 Å². The molecule has 3 heteroatoms. The largest absolute Gasteiger partial charge is 0.497 e. The Labute approximate surface area is 134 Å². The van der Waals surface area contributed by atoms with E-state index in [1.54, 1.807) is 14.0 Å². The molecule has 1 aromatic carbocycles. The highest BCUT2D eigenvalue weighted by atomic mass is 16.5. The number of anilines is 1. The summed E-state index contributed by atoms with van der Waals surface area (Å²) < 4.78 is 5.20. The van der Waals surface area contributed by atoms with Crippen LogP contribution in [0.1, 0.15) is 58.3 Å². The van der Waals surface area contributed by atoms with Crippen molar-refractivity contribution in [1.82, 2.24) is 0 Å². The number of hydrogen-bond donors (Lipinski definition) is 1. The van der Waals surface area contributed by atoms with E-state index in [1.807, 2.05) is 24.3 Å². The number of methoxy groups -OCH3 is 1. The lowest BCUT2D eigenvalue weighted by molar-refractivity contribution is -0.117. The van der Waals surface area contributed by atoms with Gasteiger partial charge in [0.25, 0.3) is 0 Å². The van der Waals surface area contributed by atoms with E-state index >= 15 is 0 Å². The van der Waals surface area contributed by atoms with Crippen LogP contribution < -0.4 is 10.1 Å². The van der Waals surface area contributed by atoms with Gasteiger partial charge in [-0.05, 0) is 49.9 Å². The second-order valence-corrected chi connectivity index (χ2v) is 6.49. The smallest absolute Gasteiger partial charge is 0.131 e. The van der Waals surface area contributed by atoms with Crippen LogP contribution in [0.5, 0.6) is 5.75 Å². The molecular weight excluding hydrogens is 274 g/mol. The Kier molecular flexibility index (Phi) is 6.75. The molecule has 2 rings (SSSR count). The van der Waals surface area contributed by atoms with Crippen LogP contribution in [-0.2, 0) is 4.79 Å². The van der Waals surface area contributed by atoms with Crippen LogP contribution >= 0.6 is 0 Å². The molecule has 1 aliphatic carbocycles. The molecule has 1 fully saturated rings. The lowest BCUT2D eigenvalue weighted by atomic mass is 9.84. The van der Waals surface area contributed by atoms with Gasteiger partial charge in [-0.25, -0.2) is 0 Å². The van der Waals surface area contributed by atoms with Crippen molar-refractivity contribution in [1.29, 1.82) is 0 Å². The number of rotatable bonds is 6. The van der Waals surface area contributed by atoms with E-state index in [0.29, 0.717) is 12.3 Å². The van der Waals surface area contributed by atoms with E-state index < -0.39 is 0 Å². The topological polar surface area (TPSA) is 38.3 Å². The summed E-state index contributed by atoms with van der Waals surface area (Å²) in [5.41, 5.74) is 1.08. The number of Topliss-reactive ketones (excluding diaryl/α,β-unsaturated/α-hetero) is 1. The van der Waals surface area contributed by atoms with Crippen LogP contribution in [0.2, 0.25) is 0 Å². The van der Waals surface area contributed by atoms with Crippen LogP contribution in [0.3, 0.4) is 0 Å². The molecule has 3 nitrogen and oxygen atoms in total. The van der Waals surface area contributed by atoms with Crippen molar-refractivity contribution in [3.63, 3.8) is 0 Å². The Morgan fingerprint density at radius 2 is 1.73 bits per heavy atom. The van der Waals surface area contributed by atoms with E-state index in [-0.39, 0.29) is 11.8 Å². The molecule has 0 aliphatic heterocycles. The molecule has 1 atom stereocenters. The normalized spacial score (nSPS) is 18.1. The lowest BCUT2D eigenvalue weighted by Crippen LogP contribution is -2.31. The molecule has 0 heterocycles. The van der Waals surface area contributed by atoms with Crippen LogP contribution in [0.4, 0.5) is 5.69 Å². The van der Waals surface area contributed by atoms with Gasteiger partial charge in [0.1, 0.15) is 11.5 Å². The summed E-state index contributed by atoms with van der Waals surface area (Å²) in [6, 6.07) is 8.25. The van der Waals surface area contributed by atoms with E-state index in [1.165, 1.54) is 44.9 Å². The standard InChI is InChI=1S/C19H29NO2/c1-15(21)14-19(16-8-6-4-3-5-7-9-16)20-17-10-12-18(22-2)13-11-17/h10-13,16,19-20H,3-9,14H2,1-2H3/t19-/m0/s1. The Bertz CT molecular complexity index is 447. The highest BCUT2D eigenvalue weighted by Gasteiger charge is 2.23. The highest BCUT2D eigenvalue weighted by molar-refractivity contribution is 5.76. The minimum absolute atomic E-state index is 0.254. The maximum absolute atomic E-state index is 11.7. The first-order valence-corrected chi connectivity index (χ1v) is 8.59. The zero-order valence-electron chi connectivity index (χ0n) is 13.9. The van der Waals surface area contributed by atoms with E-state index in [0.717, 1.165) is 11.4 Å². The third kappa shape index (κ3) is 5.36. The monoisotopic (exact) mass is 303 g/mol. The van der Waals surface area contributed by atoms with Gasteiger partial charge in [0, 0.05) is 18.2 Å². The summed E-state index contributed by atoms with van der Waals surface area (Å²) in [4.78, 5) is 11.7. The number of ketones is 1. The van der Waals surface area contributed by atoms with Gasteiger partial charge in [-0.1, -0.05) is 32.1 Å². The highest BCUT2D eigenvalue weighted by Crippen LogP contribution is 2.29. The van der Waals surface area contributed by atoms with Crippen molar-refractivity contribution in [2.45, 2.75) is 64.3 Å². The molecule has 1 saturated carbocycles. The molecule has 0 amide bonds. The second-order valence-electron chi connectivity index (χ2n) is 6.49. The van der Waals surface area contributed by atoms with Crippen LogP contribution in [0, 0.1) is 5.92 Å². The average Bonchev–Trinajstić information content (AvgIpc) is 2.46. The van der Waals surface area contributed by atoms with E-state index in [2.05, 4.69) is 5.32 Å². The second kappa shape index (κ2) is 8.82. The Morgan fingerprint density at radius 1 is 1.14 bits per heavy atom. The van der Waals surface area contributed by atoms with E-state index in [4.69, 9.17) is 4.74 Å². The number of nitrogens with one attached hydrogen (secondary N) is 1. The van der Waals surface area contributed by atoms with Crippen LogP contribution in [-0.4, -0.2) is 18.9 Å². The molecule has 0 bridgehead atoms. The molecule has 22 heavy (non-hydrogen) atoms. The third-order valence-electron chi connectivity index (χ3n) is 4.67. The Hall–Kier alpha value is -1.51. The van der Waals surface area contributed by atoms with Crippen molar-refractivity contribution in [2.75, 3.05) is 12.4 Å². The zero-order chi connectivity index (χ0) is 15.8. The minimum atomic E-state index is 0.254. The fourth-order valence-corrected chi connectivity index (χ4v) is 3.44. The summed E-state index contributed by atoms with van der Waals surface area (Å²) >= 11 is 0. The number of benzene rings is 1. The van der Waals surface area contributed by atoms with E-state index in [9.17, 15) is 4.79 Å².